The van der Waals surface area contributed by atoms with Crippen LogP contribution in [0.15, 0.2) is 102 Å². The smallest absolute Gasteiger partial charge is 0.119 e. The van der Waals surface area contributed by atoms with Crippen molar-refractivity contribution in [1.82, 2.24) is 0 Å². The third-order valence-electron chi connectivity index (χ3n) is 5.15. The van der Waals surface area contributed by atoms with Crippen molar-refractivity contribution in [1.29, 1.82) is 0 Å². The first kappa shape index (κ1) is 23.9. The molecule has 3 nitrogen and oxygen atoms in total. The van der Waals surface area contributed by atoms with E-state index in [0.29, 0.717) is 0 Å². The van der Waals surface area contributed by atoms with Crippen molar-refractivity contribution in [2.75, 3.05) is 12.4 Å². The molecule has 0 heterocycles. The number of aliphatic imine (C=N–C) groups is 1. The van der Waals surface area contributed by atoms with Gasteiger partial charge in [0.1, 0.15) is 5.75 Å². The molecule has 3 heteroatoms. The van der Waals surface area contributed by atoms with Gasteiger partial charge in [0.2, 0.25) is 0 Å². The highest BCUT2D eigenvalue weighted by molar-refractivity contribution is 5.84. The van der Waals surface area contributed by atoms with E-state index in [4.69, 9.17) is 9.73 Å². The molecule has 0 aliphatic heterocycles. The van der Waals surface area contributed by atoms with Gasteiger partial charge in [-0.2, -0.15) is 0 Å². The molecule has 2 aromatic carbocycles. The number of nitrogens with zero attached hydrogens (tertiary/aromatic N) is 1. The summed E-state index contributed by atoms with van der Waals surface area (Å²) in [6.07, 6.45) is 8.47. The maximum absolute atomic E-state index is 5.23. The van der Waals surface area contributed by atoms with Crippen LogP contribution in [-0.4, -0.2) is 12.8 Å². The molecule has 0 aromatic heterocycles. The SMILES string of the molecule is C=C/C=C(N=C(C)CCc1ccccc1CC)\C(C=C)=C(/C)Nc1ccc(OC)cc1. The summed E-state index contributed by atoms with van der Waals surface area (Å²) in [5.41, 5.74) is 7.63. The number of methoxy groups -OCH3 is 1. The summed E-state index contributed by atoms with van der Waals surface area (Å²) in [4.78, 5) is 4.92. The molecule has 0 atom stereocenters. The van der Waals surface area contributed by atoms with E-state index in [0.717, 1.165) is 53.4 Å². The van der Waals surface area contributed by atoms with Gasteiger partial charge >= 0.3 is 0 Å². The molecule has 0 aliphatic carbocycles. The molecule has 0 aliphatic rings. The van der Waals surface area contributed by atoms with Crippen LogP contribution in [0.25, 0.3) is 0 Å². The van der Waals surface area contributed by atoms with E-state index >= 15 is 0 Å². The van der Waals surface area contributed by atoms with Gasteiger partial charge in [-0.25, -0.2) is 0 Å². The van der Waals surface area contributed by atoms with Crippen LogP contribution in [0.4, 0.5) is 5.69 Å². The molecule has 2 rings (SSSR count). The van der Waals surface area contributed by atoms with Crippen molar-refractivity contribution in [3.05, 3.63) is 108 Å². The first-order valence-electron chi connectivity index (χ1n) is 10.7. The van der Waals surface area contributed by atoms with Crippen LogP contribution in [-0.2, 0) is 12.8 Å². The number of ether oxygens (including phenoxy) is 1. The van der Waals surface area contributed by atoms with Gasteiger partial charge in [-0.1, -0.05) is 56.5 Å². The van der Waals surface area contributed by atoms with E-state index in [1.165, 1.54) is 11.1 Å². The molecule has 0 amide bonds. The lowest BCUT2D eigenvalue weighted by molar-refractivity contribution is 0.415. The minimum absolute atomic E-state index is 0.827. The second-order valence-electron chi connectivity index (χ2n) is 7.35. The number of hydrogen-bond donors (Lipinski definition) is 1. The molecule has 1 N–H and O–H groups in total. The van der Waals surface area contributed by atoms with Gasteiger partial charge in [0.05, 0.1) is 12.8 Å². The summed E-state index contributed by atoms with van der Waals surface area (Å²) in [5, 5.41) is 3.44. The summed E-state index contributed by atoms with van der Waals surface area (Å²) in [5.74, 6) is 0.827. The van der Waals surface area contributed by atoms with Crippen LogP contribution in [0.5, 0.6) is 5.75 Å². The predicted molar refractivity (Wildman–Crippen MR) is 135 cm³/mol. The fourth-order valence-corrected chi connectivity index (χ4v) is 3.43. The Bertz CT molecular complexity index is 978. The first-order chi connectivity index (χ1) is 15.0. The van der Waals surface area contributed by atoms with Gasteiger partial charge in [-0.05, 0) is 74.6 Å². The Kier molecular flexibility index (Phi) is 9.57. The molecule has 31 heavy (non-hydrogen) atoms. The lowest BCUT2D eigenvalue weighted by Gasteiger charge is -2.14. The minimum Gasteiger partial charge on any atom is -0.497 e. The molecule has 0 saturated heterocycles. The molecule has 0 spiro atoms. The maximum Gasteiger partial charge on any atom is 0.119 e. The number of benzene rings is 2. The summed E-state index contributed by atoms with van der Waals surface area (Å²) >= 11 is 0. The van der Waals surface area contributed by atoms with Crippen molar-refractivity contribution < 1.29 is 4.74 Å². The monoisotopic (exact) mass is 414 g/mol. The van der Waals surface area contributed by atoms with Crippen LogP contribution >= 0.6 is 0 Å². The van der Waals surface area contributed by atoms with E-state index in [-0.39, 0.29) is 0 Å². The Balaban J connectivity index is 2.22. The van der Waals surface area contributed by atoms with Gasteiger partial charge in [-0.15, -0.1) is 0 Å². The highest BCUT2D eigenvalue weighted by Crippen LogP contribution is 2.22. The number of rotatable bonds is 11. The van der Waals surface area contributed by atoms with Crippen LogP contribution in [0.2, 0.25) is 0 Å². The number of hydrogen-bond acceptors (Lipinski definition) is 3. The Morgan fingerprint density at radius 1 is 1.03 bits per heavy atom. The third kappa shape index (κ3) is 7.14. The Labute approximate surface area is 187 Å². The summed E-state index contributed by atoms with van der Waals surface area (Å²) in [6, 6.07) is 16.5. The molecular weight excluding hydrogens is 380 g/mol. The Morgan fingerprint density at radius 2 is 1.71 bits per heavy atom. The molecule has 162 valence electrons. The maximum atomic E-state index is 5.23. The zero-order chi connectivity index (χ0) is 22.6. The van der Waals surface area contributed by atoms with Gasteiger partial charge in [0, 0.05) is 22.7 Å². The van der Waals surface area contributed by atoms with Crippen LogP contribution in [0, 0.1) is 0 Å². The fourth-order valence-electron chi connectivity index (χ4n) is 3.43. The van der Waals surface area contributed by atoms with E-state index < -0.39 is 0 Å². The van der Waals surface area contributed by atoms with Crippen molar-refractivity contribution in [2.45, 2.75) is 40.0 Å². The van der Waals surface area contributed by atoms with Crippen LogP contribution in [0.3, 0.4) is 0 Å². The molecule has 2 aromatic rings. The molecule has 0 saturated carbocycles. The van der Waals surface area contributed by atoms with Crippen LogP contribution < -0.4 is 10.1 Å². The highest BCUT2D eigenvalue weighted by atomic mass is 16.5. The Hall–Kier alpha value is -3.33. The number of nitrogens with one attached hydrogen (secondary N) is 1. The zero-order valence-electron chi connectivity index (χ0n) is 19.2. The van der Waals surface area contributed by atoms with Crippen molar-refractivity contribution in [3.8, 4) is 5.75 Å². The Morgan fingerprint density at radius 3 is 2.29 bits per heavy atom. The average Bonchev–Trinajstić information content (AvgIpc) is 2.79. The van der Waals surface area contributed by atoms with Gasteiger partial charge < -0.3 is 10.1 Å². The van der Waals surface area contributed by atoms with Gasteiger partial charge in [0.25, 0.3) is 0 Å². The predicted octanol–water partition coefficient (Wildman–Crippen LogP) is 7.29. The van der Waals surface area contributed by atoms with Gasteiger partial charge in [-0.3, -0.25) is 4.99 Å². The quantitative estimate of drug-likeness (QED) is 0.309. The highest BCUT2D eigenvalue weighted by Gasteiger charge is 2.07. The standard InChI is InChI=1S/C28H34N2O/c1-7-12-28(29-21(4)15-16-24-14-11-10-13-23(24)8-2)27(9-3)22(5)30-25-17-19-26(31-6)20-18-25/h7,9-14,17-20,30H,1,3,8,15-16H2,2,4-6H3/b27-22+,28-12+,29-21?. The fraction of sp³-hybridized carbons (Fsp3) is 0.250. The minimum atomic E-state index is 0.827. The summed E-state index contributed by atoms with van der Waals surface area (Å²) < 4.78 is 5.23. The van der Waals surface area contributed by atoms with Crippen LogP contribution in [0.1, 0.15) is 38.3 Å². The largest absolute Gasteiger partial charge is 0.497 e. The molecule has 0 unspecified atom stereocenters. The zero-order valence-corrected chi connectivity index (χ0v) is 19.2. The number of aryl methyl sites for hydroxylation is 2. The topological polar surface area (TPSA) is 33.6 Å². The van der Waals surface area contributed by atoms with E-state index in [9.17, 15) is 0 Å². The van der Waals surface area contributed by atoms with E-state index in [1.54, 1.807) is 13.2 Å². The number of allylic oxidation sites excluding steroid dienone is 4. The van der Waals surface area contributed by atoms with E-state index in [2.05, 4.69) is 56.6 Å². The summed E-state index contributed by atoms with van der Waals surface area (Å²) in [6.45, 7) is 14.2. The molecule has 0 bridgehead atoms. The van der Waals surface area contributed by atoms with Crippen molar-refractivity contribution >= 4 is 11.4 Å². The lowest BCUT2D eigenvalue weighted by Crippen LogP contribution is -2.03. The molecule has 0 fully saturated rings. The first-order valence-corrected chi connectivity index (χ1v) is 10.7. The average molecular weight is 415 g/mol. The summed E-state index contributed by atoms with van der Waals surface area (Å²) in [7, 11) is 1.66. The van der Waals surface area contributed by atoms with Crippen molar-refractivity contribution in [2.24, 2.45) is 4.99 Å². The molecular formula is C28H34N2O. The molecule has 0 radical (unpaired) electrons. The number of anilines is 1. The normalized spacial score (nSPS) is 12.8. The second-order valence-corrected chi connectivity index (χ2v) is 7.35. The van der Waals surface area contributed by atoms with E-state index in [1.807, 2.05) is 43.3 Å². The lowest BCUT2D eigenvalue weighted by atomic mass is 10.00. The van der Waals surface area contributed by atoms with Crippen molar-refractivity contribution in [3.63, 3.8) is 0 Å². The van der Waals surface area contributed by atoms with Gasteiger partial charge in [0.15, 0.2) is 0 Å². The second kappa shape index (κ2) is 12.4. The third-order valence-corrected chi connectivity index (χ3v) is 5.15.